The molecule has 0 saturated carbocycles. The molecule has 7 heteroatoms. The number of aliphatic hydroxyl groups is 1. The van der Waals surface area contributed by atoms with Crippen molar-refractivity contribution in [3.05, 3.63) is 11.6 Å². The average Bonchev–Trinajstić information content (AvgIpc) is 2.61. The molecule has 0 aromatic carbocycles. The Labute approximate surface area is 194 Å². The number of hydrogen-bond acceptors (Lipinski definition) is 3. The van der Waals surface area contributed by atoms with Crippen molar-refractivity contribution >= 4 is 28.0 Å². The highest BCUT2D eigenvalue weighted by Gasteiger charge is 2.29. The van der Waals surface area contributed by atoms with Gasteiger partial charge >= 0.3 is 0 Å². The largest absolute Gasteiger partial charge is 0.397 e. The predicted molar refractivity (Wildman–Crippen MR) is 139 cm³/mol. The van der Waals surface area contributed by atoms with Gasteiger partial charge in [0.15, 0.2) is 0 Å². The molecule has 31 heavy (non-hydrogen) atoms. The van der Waals surface area contributed by atoms with E-state index in [0.717, 1.165) is 38.2 Å². The molecule has 0 atom stereocenters. The van der Waals surface area contributed by atoms with E-state index in [1.54, 1.807) is 13.0 Å². The average molecular weight is 471 g/mol. The Kier molecular flexibility index (Phi) is 13.8. The number of amides is 2. The Morgan fingerprint density at radius 2 is 1.23 bits per heavy atom. The summed E-state index contributed by atoms with van der Waals surface area (Å²) in [6, 6.07) is 5.10. The van der Waals surface area contributed by atoms with Crippen molar-refractivity contribution in [2.75, 3.05) is 32.8 Å². The molecule has 182 valence electrons. The molecule has 0 aromatic heterocycles. The summed E-state index contributed by atoms with van der Waals surface area (Å²) in [5, 5.41) is 7.57. The van der Waals surface area contributed by atoms with Gasteiger partial charge in [0, 0.05) is 45.3 Å². The minimum atomic E-state index is -0.933. The summed E-state index contributed by atoms with van der Waals surface area (Å²) < 4.78 is 0. The molecule has 0 radical (unpaired) electrons. The highest BCUT2D eigenvalue weighted by molar-refractivity contribution is 6.78. The van der Waals surface area contributed by atoms with Gasteiger partial charge in [-0.3, -0.25) is 9.59 Å². The second-order valence-corrected chi connectivity index (χ2v) is 21.8. The zero-order chi connectivity index (χ0) is 24.2. The van der Waals surface area contributed by atoms with Crippen LogP contribution in [0.3, 0.4) is 0 Å². The van der Waals surface area contributed by atoms with Crippen molar-refractivity contribution in [3.8, 4) is 0 Å². The van der Waals surface area contributed by atoms with Crippen LogP contribution in [0.5, 0.6) is 0 Å². The zero-order valence-electron chi connectivity index (χ0n) is 21.9. The SMILES string of the molecule is CC(C)=CC(=O)N1CC[Si](C)(C)CC1.CC(C)CC(=O)N1CC[Si](C)(C)CC1.CCO. The molecule has 0 spiro atoms. The number of carbonyl (C=O) groups is 2. The normalized spacial score (nSPS) is 19.5. The third kappa shape index (κ3) is 14.0. The van der Waals surface area contributed by atoms with Crippen LogP contribution in [-0.4, -0.2) is 75.7 Å². The van der Waals surface area contributed by atoms with Crippen LogP contribution in [0, 0.1) is 5.92 Å². The number of aliphatic hydroxyl groups excluding tert-OH is 1. The van der Waals surface area contributed by atoms with E-state index in [1.807, 2.05) is 18.7 Å². The Morgan fingerprint density at radius 3 is 1.55 bits per heavy atom. The van der Waals surface area contributed by atoms with Crippen molar-refractivity contribution in [3.63, 3.8) is 0 Å². The van der Waals surface area contributed by atoms with Gasteiger partial charge in [-0.1, -0.05) is 45.6 Å². The lowest BCUT2D eigenvalue weighted by atomic mass is 10.1. The fourth-order valence-electron chi connectivity index (χ4n) is 3.51. The van der Waals surface area contributed by atoms with Crippen LogP contribution < -0.4 is 0 Å². The van der Waals surface area contributed by atoms with Gasteiger partial charge in [-0.2, -0.15) is 0 Å². The van der Waals surface area contributed by atoms with E-state index < -0.39 is 16.1 Å². The van der Waals surface area contributed by atoms with E-state index in [-0.39, 0.29) is 12.5 Å². The Balaban J connectivity index is 0.000000516. The predicted octanol–water partition coefficient (Wildman–Crippen LogP) is 5.08. The molecule has 0 bridgehead atoms. The molecule has 2 aliphatic heterocycles. The maximum Gasteiger partial charge on any atom is 0.246 e. The monoisotopic (exact) mass is 470 g/mol. The summed E-state index contributed by atoms with van der Waals surface area (Å²) in [5.74, 6) is 1.06. The lowest BCUT2D eigenvalue weighted by Crippen LogP contribution is -2.45. The second-order valence-electron chi connectivity index (χ2n) is 11.2. The summed E-state index contributed by atoms with van der Waals surface area (Å²) in [5.41, 5.74) is 1.09. The van der Waals surface area contributed by atoms with Crippen molar-refractivity contribution in [2.24, 2.45) is 5.92 Å². The zero-order valence-corrected chi connectivity index (χ0v) is 23.9. The van der Waals surface area contributed by atoms with Crippen LogP contribution in [0.15, 0.2) is 11.6 Å². The van der Waals surface area contributed by atoms with E-state index >= 15 is 0 Å². The highest BCUT2D eigenvalue weighted by atomic mass is 28.3. The standard InChI is InChI=1S/C11H23NOSi.C11H21NOSi.C2H6O/c2*1-10(2)9-11(13)12-5-7-14(3,4)8-6-12;1-2-3/h10H,5-9H2,1-4H3;9H,5-8H2,1-4H3;3H,2H2,1H3. The molecular weight excluding hydrogens is 420 g/mol. The molecule has 2 amide bonds. The quantitative estimate of drug-likeness (QED) is 0.462. The summed E-state index contributed by atoms with van der Waals surface area (Å²) in [7, 11) is -1.84. The van der Waals surface area contributed by atoms with E-state index in [1.165, 1.54) is 24.2 Å². The first-order valence-electron chi connectivity index (χ1n) is 12.1. The van der Waals surface area contributed by atoms with Gasteiger partial charge in [0.05, 0.1) is 16.1 Å². The van der Waals surface area contributed by atoms with Crippen LogP contribution >= 0.6 is 0 Å². The maximum atomic E-state index is 11.8. The van der Waals surface area contributed by atoms with Gasteiger partial charge in [-0.15, -0.1) is 0 Å². The molecule has 2 saturated heterocycles. The van der Waals surface area contributed by atoms with Crippen molar-refractivity contribution in [1.82, 2.24) is 9.80 Å². The summed E-state index contributed by atoms with van der Waals surface area (Å²) in [6.45, 7) is 23.8. The van der Waals surface area contributed by atoms with E-state index in [2.05, 4.69) is 44.9 Å². The van der Waals surface area contributed by atoms with Crippen molar-refractivity contribution in [2.45, 2.75) is 91.4 Å². The topological polar surface area (TPSA) is 60.9 Å². The van der Waals surface area contributed by atoms with Crippen LogP contribution in [0.2, 0.25) is 50.4 Å². The first-order chi connectivity index (χ1) is 14.2. The van der Waals surface area contributed by atoms with Gasteiger partial charge in [-0.05, 0) is 50.9 Å². The van der Waals surface area contributed by atoms with Crippen LogP contribution in [0.4, 0.5) is 0 Å². The van der Waals surface area contributed by atoms with Crippen LogP contribution in [0.1, 0.15) is 41.0 Å². The summed E-state index contributed by atoms with van der Waals surface area (Å²) in [4.78, 5) is 27.5. The third-order valence-electron chi connectivity index (χ3n) is 5.89. The number of carbonyl (C=O) groups excluding carboxylic acids is 2. The molecule has 2 heterocycles. The molecule has 5 nitrogen and oxygen atoms in total. The third-order valence-corrected chi connectivity index (χ3v) is 12.2. The van der Waals surface area contributed by atoms with Gasteiger partial charge in [0.1, 0.15) is 0 Å². The minimum Gasteiger partial charge on any atom is -0.397 e. The van der Waals surface area contributed by atoms with Crippen molar-refractivity contribution in [1.29, 1.82) is 0 Å². The lowest BCUT2D eigenvalue weighted by Gasteiger charge is -2.36. The van der Waals surface area contributed by atoms with Crippen molar-refractivity contribution < 1.29 is 14.7 Å². The Hall–Kier alpha value is -0.926. The molecule has 2 rings (SSSR count). The smallest absolute Gasteiger partial charge is 0.246 e. The number of allylic oxidation sites excluding steroid dienone is 1. The van der Waals surface area contributed by atoms with E-state index in [9.17, 15) is 9.59 Å². The molecule has 2 aliphatic rings. The fourth-order valence-corrected chi connectivity index (χ4v) is 7.51. The lowest BCUT2D eigenvalue weighted by molar-refractivity contribution is -0.131. The Morgan fingerprint density at radius 1 is 0.871 bits per heavy atom. The van der Waals surface area contributed by atoms with Gasteiger partial charge in [0.25, 0.3) is 0 Å². The summed E-state index contributed by atoms with van der Waals surface area (Å²) >= 11 is 0. The molecule has 0 unspecified atom stereocenters. The Bertz CT molecular complexity index is 565. The fraction of sp³-hybridized carbons (Fsp3) is 0.833. The summed E-state index contributed by atoms with van der Waals surface area (Å²) in [6.07, 6.45) is 2.47. The molecule has 2 fully saturated rings. The first-order valence-corrected chi connectivity index (χ1v) is 18.9. The minimum absolute atomic E-state index is 0.203. The second kappa shape index (κ2) is 14.3. The van der Waals surface area contributed by atoms with Gasteiger partial charge in [0.2, 0.25) is 11.8 Å². The molecule has 0 aliphatic carbocycles. The van der Waals surface area contributed by atoms with Crippen LogP contribution in [-0.2, 0) is 9.59 Å². The van der Waals surface area contributed by atoms with E-state index in [4.69, 9.17) is 5.11 Å². The first kappa shape index (κ1) is 30.1. The number of rotatable bonds is 3. The maximum absolute atomic E-state index is 11.8. The molecule has 1 N–H and O–H groups in total. The van der Waals surface area contributed by atoms with Crippen LogP contribution in [0.25, 0.3) is 0 Å². The van der Waals surface area contributed by atoms with Gasteiger partial charge in [-0.25, -0.2) is 0 Å². The highest BCUT2D eigenvalue weighted by Crippen LogP contribution is 2.23. The van der Waals surface area contributed by atoms with Gasteiger partial charge < -0.3 is 14.9 Å². The number of nitrogens with zero attached hydrogens (tertiary/aromatic N) is 2. The molecular formula is C24H50N2O3Si2. The van der Waals surface area contributed by atoms with E-state index in [0.29, 0.717) is 11.8 Å². The molecule has 0 aromatic rings. The number of hydrogen-bond donors (Lipinski definition) is 1.